The quantitative estimate of drug-likeness (QED) is 0.937. The summed E-state index contributed by atoms with van der Waals surface area (Å²) in [5, 5.41) is 2.87. The number of likely N-dealkylation sites (N-methyl/N-ethyl adjacent to an activating group) is 1. The lowest BCUT2D eigenvalue weighted by Crippen LogP contribution is -2.34. The molecule has 0 aliphatic carbocycles. The van der Waals surface area contributed by atoms with Gasteiger partial charge in [0.1, 0.15) is 29.3 Å². The molecule has 2 aromatic rings. The van der Waals surface area contributed by atoms with Crippen LogP contribution in [-0.2, 0) is 6.42 Å². The average Bonchev–Trinajstić information content (AvgIpc) is 2.85. The third-order valence-electron chi connectivity index (χ3n) is 3.71. The monoisotopic (exact) mass is 293 g/mol. The second-order valence-corrected chi connectivity index (χ2v) is 5.02. The van der Waals surface area contributed by atoms with Crippen LogP contribution in [0.15, 0.2) is 36.4 Å². The van der Waals surface area contributed by atoms with Crippen LogP contribution in [-0.4, -0.2) is 13.2 Å². The molecule has 0 radical (unpaired) electrons. The maximum absolute atomic E-state index is 14.0. The van der Waals surface area contributed by atoms with Crippen LogP contribution in [0.4, 0.5) is 13.2 Å². The molecule has 1 aliphatic heterocycles. The minimum atomic E-state index is -0.931. The van der Waals surface area contributed by atoms with Crippen LogP contribution in [0.1, 0.15) is 17.2 Å². The summed E-state index contributed by atoms with van der Waals surface area (Å²) in [6.07, 6.45) is 0.0969. The first-order valence-electron chi connectivity index (χ1n) is 6.66. The fourth-order valence-electron chi connectivity index (χ4n) is 2.76. The van der Waals surface area contributed by atoms with Gasteiger partial charge in [0.15, 0.2) is 0 Å². The molecule has 0 spiro atoms. The third-order valence-corrected chi connectivity index (χ3v) is 3.71. The fraction of sp³-hybridized carbons (Fsp3) is 0.250. The lowest BCUT2D eigenvalue weighted by Gasteiger charge is -2.24. The Kier molecular flexibility index (Phi) is 3.59. The van der Waals surface area contributed by atoms with Gasteiger partial charge in [0.05, 0.1) is 6.04 Å². The first-order chi connectivity index (χ1) is 10.1. The van der Waals surface area contributed by atoms with Crippen molar-refractivity contribution < 1.29 is 17.9 Å². The van der Waals surface area contributed by atoms with E-state index in [0.717, 1.165) is 5.56 Å². The van der Waals surface area contributed by atoms with E-state index in [0.29, 0.717) is 24.3 Å². The Labute approximate surface area is 120 Å². The Balaban J connectivity index is 1.94. The lowest BCUT2D eigenvalue weighted by atomic mass is 9.97. The Morgan fingerprint density at radius 1 is 1.14 bits per heavy atom. The molecule has 1 N–H and O–H groups in total. The van der Waals surface area contributed by atoms with Crippen LogP contribution in [0.2, 0.25) is 0 Å². The molecule has 0 aromatic heterocycles. The zero-order chi connectivity index (χ0) is 15.0. The van der Waals surface area contributed by atoms with E-state index in [4.69, 9.17) is 4.74 Å². The summed E-state index contributed by atoms with van der Waals surface area (Å²) >= 11 is 0. The summed E-state index contributed by atoms with van der Waals surface area (Å²) in [5.41, 5.74) is 0.794. The van der Waals surface area contributed by atoms with Gasteiger partial charge in [-0.2, -0.15) is 0 Å². The number of fused-ring (bicyclic) bond motifs is 1. The van der Waals surface area contributed by atoms with E-state index in [9.17, 15) is 13.2 Å². The predicted molar refractivity (Wildman–Crippen MR) is 72.7 cm³/mol. The van der Waals surface area contributed by atoms with Crippen molar-refractivity contribution in [3.63, 3.8) is 0 Å². The van der Waals surface area contributed by atoms with Crippen LogP contribution in [0.25, 0.3) is 0 Å². The maximum atomic E-state index is 14.0. The molecule has 0 fully saturated rings. The first-order valence-corrected chi connectivity index (χ1v) is 6.66. The summed E-state index contributed by atoms with van der Waals surface area (Å²) in [5.74, 6) is -2.04. The molecule has 5 heteroatoms. The number of para-hydroxylation sites is 1. The maximum Gasteiger partial charge on any atom is 0.133 e. The zero-order valence-electron chi connectivity index (χ0n) is 11.4. The normalized spacial score (nSPS) is 18.2. The molecule has 21 heavy (non-hydrogen) atoms. The van der Waals surface area contributed by atoms with Gasteiger partial charge in [-0.3, -0.25) is 0 Å². The van der Waals surface area contributed by atoms with Crippen LogP contribution in [0.3, 0.4) is 0 Å². The van der Waals surface area contributed by atoms with Crippen molar-refractivity contribution in [1.82, 2.24) is 5.32 Å². The number of ether oxygens (including phenoxy) is 1. The number of nitrogens with one attached hydrogen (secondary N) is 1. The van der Waals surface area contributed by atoms with E-state index >= 15 is 0 Å². The molecule has 2 nitrogen and oxygen atoms in total. The minimum Gasteiger partial charge on any atom is -0.488 e. The van der Waals surface area contributed by atoms with Gasteiger partial charge in [0.25, 0.3) is 0 Å². The van der Waals surface area contributed by atoms with Crippen LogP contribution in [0, 0.1) is 17.5 Å². The van der Waals surface area contributed by atoms with Gasteiger partial charge in [-0.15, -0.1) is 0 Å². The van der Waals surface area contributed by atoms with E-state index in [2.05, 4.69) is 5.32 Å². The molecule has 1 heterocycles. The summed E-state index contributed by atoms with van der Waals surface area (Å²) in [6.45, 7) is 0. The number of rotatable bonds is 3. The van der Waals surface area contributed by atoms with Crippen molar-refractivity contribution in [3.8, 4) is 5.75 Å². The van der Waals surface area contributed by atoms with Crippen molar-refractivity contribution >= 4 is 0 Å². The Hall–Kier alpha value is -2.01. The average molecular weight is 293 g/mol. The van der Waals surface area contributed by atoms with Crippen molar-refractivity contribution in [2.75, 3.05) is 7.05 Å². The largest absolute Gasteiger partial charge is 0.488 e. The third kappa shape index (κ3) is 2.49. The van der Waals surface area contributed by atoms with Gasteiger partial charge in [-0.05, 0) is 18.7 Å². The minimum absolute atomic E-state index is 0.197. The van der Waals surface area contributed by atoms with E-state index in [1.165, 1.54) is 0 Å². The van der Waals surface area contributed by atoms with Crippen molar-refractivity contribution in [3.05, 3.63) is 65.0 Å². The van der Waals surface area contributed by atoms with Gasteiger partial charge in [0, 0.05) is 24.1 Å². The summed E-state index contributed by atoms with van der Waals surface area (Å²) in [6, 6.07) is 8.14. The van der Waals surface area contributed by atoms with Gasteiger partial charge in [-0.25, -0.2) is 13.2 Å². The molecule has 110 valence electrons. The predicted octanol–water partition coefficient (Wildman–Crippen LogP) is 3.37. The second kappa shape index (κ2) is 5.41. The summed E-state index contributed by atoms with van der Waals surface area (Å²) in [7, 11) is 1.60. The second-order valence-electron chi connectivity index (χ2n) is 5.02. The number of hydrogen-bond acceptors (Lipinski definition) is 2. The Bertz CT molecular complexity index is 626. The topological polar surface area (TPSA) is 21.3 Å². The van der Waals surface area contributed by atoms with Crippen LogP contribution in [0.5, 0.6) is 5.75 Å². The molecule has 2 atom stereocenters. The molecule has 0 amide bonds. The molecule has 0 bridgehead atoms. The molecule has 3 rings (SSSR count). The number of halogens is 3. The number of hydrogen-bond donors (Lipinski definition) is 1. The highest BCUT2D eigenvalue weighted by atomic mass is 19.1. The molecule has 2 aromatic carbocycles. The highest BCUT2D eigenvalue weighted by Gasteiger charge is 2.33. The summed E-state index contributed by atoms with van der Waals surface area (Å²) < 4.78 is 46.7. The van der Waals surface area contributed by atoms with Crippen molar-refractivity contribution in [2.45, 2.75) is 18.6 Å². The van der Waals surface area contributed by atoms with Gasteiger partial charge < -0.3 is 10.1 Å². The van der Waals surface area contributed by atoms with E-state index < -0.39 is 29.6 Å². The standard InChI is InChI=1S/C16H14F3NO/c1-20-16(15-11(18)7-10(17)8-12(15)19)14-6-9-4-2-3-5-13(9)21-14/h2-5,7-8,14,16,20H,6H2,1H3. The SMILES string of the molecule is CNC(c1c(F)cc(F)cc1F)C1Cc2ccccc2O1. The van der Waals surface area contributed by atoms with E-state index in [1.807, 2.05) is 24.3 Å². The van der Waals surface area contributed by atoms with E-state index in [1.54, 1.807) is 7.05 Å². The van der Waals surface area contributed by atoms with Gasteiger partial charge >= 0.3 is 0 Å². The van der Waals surface area contributed by atoms with Gasteiger partial charge in [0.2, 0.25) is 0 Å². The van der Waals surface area contributed by atoms with E-state index in [-0.39, 0.29) is 5.56 Å². The molecule has 2 unspecified atom stereocenters. The van der Waals surface area contributed by atoms with Crippen LogP contribution < -0.4 is 10.1 Å². The smallest absolute Gasteiger partial charge is 0.133 e. The molecule has 1 aliphatic rings. The lowest BCUT2D eigenvalue weighted by molar-refractivity contribution is 0.178. The Morgan fingerprint density at radius 2 is 1.81 bits per heavy atom. The highest BCUT2D eigenvalue weighted by molar-refractivity contribution is 5.39. The van der Waals surface area contributed by atoms with Gasteiger partial charge in [-0.1, -0.05) is 18.2 Å². The first kappa shape index (κ1) is 13.9. The molecule has 0 saturated heterocycles. The molecule has 0 saturated carbocycles. The number of benzene rings is 2. The van der Waals surface area contributed by atoms with Crippen LogP contribution >= 0.6 is 0 Å². The Morgan fingerprint density at radius 3 is 2.43 bits per heavy atom. The zero-order valence-corrected chi connectivity index (χ0v) is 11.4. The fourth-order valence-corrected chi connectivity index (χ4v) is 2.76. The van der Waals surface area contributed by atoms with Crippen molar-refractivity contribution in [1.29, 1.82) is 0 Å². The van der Waals surface area contributed by atoms with Crippen molar-refractivity contribution in [2.24, 2.45) is 0 Å². The highest BCUT2D eigenvalue weighted by Crippen LogP contribution is 2.35. The molecular weight excluding hydrogens is 279 g/mol. The molecular formula is C16H14F3NO. The summed E-state index contributed by atoms with van der Waals surface area (Å²) in [4.78, 5) is 0.